The molecule has 0 aliphatic carbocycles. The van der Waals surface area contributed by atoms with Gasteiger partial charge in [-0.3, -0.25) is 4.79 Å². The van der Waals surface area contributed by atoms with E-state index in [9.17, 15) is 9.59 Å². The Labute approximate surface area is 77.5 Å². The van der Waals surface area contributed by atoms with E-state index in [0.29, 0.717) is 6.42 Å². The van der Waals surface area contributed by atoms with Gasteiger partial charge in [0.2, 0.25) is 0 Å². The summed E-state index contributed by atoms with van der Waals surface area (Å²) in [6, 6.07) is 0. The van der Waals surface area contributed by atoms with E-state index >= 15 is 0 Å². The number of rotatable bonds is 4. The maximum Gasteiger partial charge on any atom is 0.330 e. The van der Waals surface area contributed by atoms with Crippen molar-refractivity contribution in [2.45, 2.75) is 19.8 Å². The van der Waals surface area contributed by atoms with Crippen molar-refractivity contribution in [3.63, 3.8) is 0 Å². The van der Waals surface area contributed by atoms with Crippen LogP contribution in [0.1, 0.15) is 19.8 Å². The van der Waals surface area contributed by atoms with Crippen molar-refractivity contribution < 1.29 is 19.1 Å². The van der Waals surface area contributed by atoms with Gasteiger partial charge in [-0.1, -0.05) is 5.57 Å². The predicted octanol–water partition coefficient (Wildman–Crippen LogP) is 1.06. The zero-order valence-corrected chi connectivity index (χ0v) is 8.12. The summed E-state index contributed by atoms with van der Waals surface area (Å²) >= 11 is 0. The highest BCUT2D eigenvalue weighted by Crippen LogP contribution is 2.04. The number of ether oxygens (including phenoxy) is 2. The Kier molecular flexibility index (Phi) is 5.59. The highest BCUT2D eigenvalue weighted by molar-refractivity contribution is 5.82. The molecular formula is C9H14O4. The molecule has 0 radical (unpaired) electrons. The standard InChI is InChI=1S/C9H14O4/c1-7(6-9(11)13-3)4-5-8(10)12-2/h6H,4-5H2,1-3H3/b7-6-. The Morgan fingerprint density at radius 3 is 2.23 bits per heavy atom. The molecule has 74 valence electrons. The third kappa shape index (κ3) is 5.90. The molecule has 0 spiro atoms. The topological polar surface area (TPSA) is 52.6 Å². The molecule has 13 heavy (non-hydrogen) atoms. The van der Waals surface area contributed by atoms with Crippen molar-refractivity contribution >= 4 is 11.9 Å². The summed E-state index contributed by atoms with van der Waals surface area (Å²) in [4.78, 5) is 21.4. The second-order valence-corrected chi connectivity index (χ2v) is 2.59. The number of esters is 2. The van der Waals surface area contributed by atoms with E-state index in [1.165, 1.54) is 20.3 Å². The Hall–Kier alpha value is -1.32. The molecule has 4 nitrogen and oxygen atoms in total. The number of hydrogen-bond donors (Lipinski definition) is 0. The van der Waals surface area contributed by atoms with Crippen LogP contribution in [0, 0.1) is 0 Å². The summed E-state index contributed by atoms with van der Waals surface area (Å²) in [5.41, 5.74) is 0.803. The molecule has 0 aromatic heterocycles. The van der Waals surface area contributed by atoms with Crippen molar-refractivity contribution in [1.29, 1.82) is 0 Å². The Bertz CT molecular complexity index is 218. The van der Waals surface area contributed by atoms with E-state index in [1.54, 1.807) is 6.92 Å². The van der Waals surface area contributed by atoms with Crippen LogP contribution in [-0.4, -0.2) is 26.2 Å². The predicted molar refractivity (Wildman–Crippen MR) is 47.0 cm³/mol. The molecule has 0 N–H and O–H groups in total. The van der Waals surface area contributed by atoms with Gasteiger partial charge in [-0.25, -0.2) is 4.79 Å². The molecule has 0 amide bonds. The molecular weight excluding hydrogens is 172 g/mol. The van der Waals surface area contributed by atoms with Crippen LogP contribution >= 0.6 is 0 Å². The summed E-state index contributed by atoms with van der Waals surface area (Å²) in [6.07, 6.45) is 2.17. The van der Waals surface area contributed by atoms with Gasteiger partial charge in [0.25, 0.3) is 0 Å². The Morgan fingerprint density at radius 2 is 1.77 bits per heavy atom. The van der Waals surface area contributed by atoms with Crippen LogP contribution in [0.15, 0.2) is 11.6 Å². The van der Waals surface area contributed by atoms with E-state index in [1.807, 2.05) is 0 Å². The number of hydrogen-bond acceptors (Lipinski definition) is 4. The highest BCUT2D eigenvalue weighted by atomic mass is 16.5. The molecule has 0 bridgehead atoms. The number of carbonyl (C=O) groups is 2. The monoisotopic (exact) mass is 186 g/mol. The minimum Gasteiger partial charge on any atom is -0.469 e. The van der Waals surface area contributed by atoms with Gasteiger partial charge in [0.1, 0.15) is 0 Å². The van der Waals surface area contributed by atoms with Crippen LogP contribution in [0.4, 0.5) is 0 Å². The zero-order chi connectivity index (χ0) is 10.3. The van der Waals surface area contributed by atoms with Crippen molar-refractivity contribution in [3.8, 4) is 0 Å². The first-order valence-electron chi connectivity index (χ1n) is 3.92. The lowest BCUT2D eigenvalue weighted by Gasteiger charge is -1.99. The Balaban J connectivity index is 3.86. The van der Waals surface area contributed by atoms with Crippen molar-refractivity contribution in [3.05, 3.63) is 11.6 Å². The number of carbonyl (C=O) groups excluding carboxylic acids is 2. The summed E-state index contributed by atoms with van der Waals surface area (Å²) in [5.74, 6) is -0.681. The molecule has 0 aromatic carbocycles. The summed E-state index contributed by atoms with van der Waals surface area (Å²) in [6.45, 7) is 1.76. The number of allylic oxidation sites excluding steroid dienone is 1. The van der Waals surface area contributed by atoms with E-state index in [2.05, 4.69) is 9.47 Å². The van der Waals surface area contributed by atoms with E-state index in [0.717, 1.165) is 5.57 Å². The maximum absolute atomic E-state index is 10.7. The summed E-state index contributed by atoms with van der Waals surface area (Å²) in [7, 11) is 2.65. The van der Waals surface area contributed by atoms with Crippen molar-refractivity contribution in [2.75, 3.05) is 14.2 Å². The molecule has 0 aliphatic rings. The lowest BCUT2D eigenvalue weighted by molar-refractivity contribution is -0.140. The van der Waals surface area contributed by atoms with Crippen LogP contribution < -0.4 is 0 Å². The average Bonchev–Trinajstić information content (AvgIpc) is 2.13. The smallest absolute Gasteiger partial charge is 0.330 e. The van der Waals surface area contributed by atoms with Gasteiger partial charge >= 0.3 is 11.9 Å². The average molecular weight is 186 g/mol. The first kappa shape index (κ1) is 11.7. The fourth-order valence-electron chi connectivity index (χ4n) is 0.734. The summed E-state index contributed by atoms with van der Waals surface area (Å²) < 4.78 is 8.87. The molecule has 0 fully saturated rings. The molecule has 0 heterocycles. The first-order valence-corrected chi connectivity index (χ1v) is 3.92. The van der Waals surface area contributed by atoms with Crippen molar-refractivity contribution in [1.82, 2.24) is 0 Å². The third-order valence-corrected chi connectivity index (χ3v) is 1.52. The third-order valence-electron chi connectivity index (χ3n) is 1.52. The van der Waals surface area contributed by atoms with Gasteiger partial charge in [0, 0.05) is 12.5 Å². The van der Waals surface area contributed by atoms with E-state index in [-0.39, 0.29) is 12.4 Å². The second kappa shape index (κ2) is 6.22. The number of methoxy groups -OCH3 is 2. The van der Waals surface area contributed by atoms with Crippen LogP contribution in [0.2, 0.25) is 0 Å². The van der Waals surface area contributed by atoms with Crippen LogP contribution in [0.5, 0.6) is 0 Å². The SMILES string of the molecule is COC(=O)/C=C(/C)CCC(=O)OC. The van der Waals surface area contributed by atoms with Crippen molar-refractivity contribution in [2.24, 2.45) is 0 Å². The molecule has 0 rings (SSSR count). The fourth-order valence-corrected chi connectivity index (χ4v) is 0.734. The molecule has 0 unspecified atom stereocenters. The molecule has 0 saturated heterocycles. The van der Waals surface area contributed by atoms with Gasteiger partial charge < -0.3 is 9.47 Å². The summed E-state index contributed by atoms with van der Waals surface area (Å²) in [5, 5.41) is 0. The van der Waals surface area contributed by atoms with Gasteiger partial charge in [-0.05, 0) is 13.3 Å². The Morgan fingerprint density at radius 1 is 1.15 bits per heavy atom. The fraction of sp³-hybridized carbons (Fsp3) is 0.556. The highest BCUT2D eigenvalue weighted by Gasteiger charge is 2.02. The molecule has 0 atom stereocenters. The minimum atomic E-state index is -0.401. The normalized spacial score (nSPS) is 10.8. The van der Waals surface area contributed by atoms with Crippen LogP contribution in [-0.2, 0) is 19.1 Å². The maximum atomic E-state index is 10.7. The largest absolute Gasteiger partial charge is 0.469 e. The van der Waals surface area contributed by atoms with Crippen LogP contribution in [0.3, 0.4) is 0 Å². The molecule has 4 heteroatoms. The first-order chi connectivity index (χ1) is 6.10. The van der Waals surface area contributed by atoms with Crippen LogP contribution in [0.25, 0.3) is 0 Å². The van der Waals surface area contributed by atoms with E-state index < -0.39 is 5.97 Å². The van der Waals surface area contributed by atoms with E-state index in [4.69, 9.17) is 0 Å². The molecule has 0 aromatic rings. The van der Waals surface area contributed by atoms with Gasteiger partial charge in [-0.15, -0.1) is 0 Å². The van der Waals surface area contributed by atoms with Gasteiger partial charge in [0.15, 0.2) is 0 Å². The lowest BCUT2D eigenvalue weighted by atomic mass is 10.1. The van der Waals surface area contributed by atoms with Gasteiger partial charge in [0.05, 0.1) is 14.2 Å². The minimum absolute atomic E-state index is 0.280. The quantitative estimate of drug-likeness (QED) is 0.486. The lowest BCUT2D eigenvalue weighted by Crippen LogP contribution is -2.01. The zero-order valence-electron chi connectivity index (χ0n) is 8.12. The molecule has 0 aliphatic heterocycles. The molecule has 0 saturated carbocycles. The van der Waals surface area contributed by atoms with Gasteiger partial charge in [-0.2, -0.15) is 0 Å². The second-order valence-electron chi connectivity index (χ2n) is 2.59.